The molecule has 5 nitrogen and oxygen atoms in total. The average Bonchev–Trinajstić information content (AvgIpc) is 2.47. The van der Waals surface area contributed by atoms with Crippen LogP contribution in [0.25, 0.3) is 0 Å². The van der Waals surface area contributed by atoms with E-state index in [9.17, 15) is 4.79 Å². The van der Waals surface area contributed by atoms with Crippen molar-refractivity contribution in [3.05, 3.63) is 28.2 Å². The molecule has 0 bridgehead atoms. The summed E-state index contributed by atoms with van der Waals surface area (Å²) < 4.78 is 6.41. The minimum atomic E-state index is -0.278. The molecule has 1 amide bonds. The van der Waals surface area contributed by atoms with Crippen LogP contribution >= 0.6 is 15.9 Å². The maximum atomic E-state index is 12.1. The van der Waals surface area contributed by atoms with Crippen molar-refractivity contribution in [2.75, 3.05) is 31.2 Å². The van der Waals surface area contributed by atoms with Crippen LogP contribution in [-0.4, -0.2) is 38.3 Å². The Kier molecular flexibility index (Phi) is 5.39. The van der Waals surface area contributed by atoms with Gasteiger partial charge in [-0.3, -0.25) is 4.79 Å². The number of hydrogen-bond acceptors (Lipinski definition) is 4. The number of amides is 1. The van der Waals surface area contributed by atoms with Crippen molar-refractivity contribution in [1.29, 1.82) is 0 Å². The molecule has 1 atom stereocenters. The van der Waals surface area contributed by atoms with Crippen LogP contribution in [0.3, 0.4) is 0 Å². The highest BCUT2D eigenvalue weighted by atomic mass is 79.9. The van der Waals surface area contributed by atoms with Crippen LogP contribution in [0, 0.1) is 0 Å². The lowest BCUT2D eigenvalue weighted by Gasteiger charge is -2.36. The number of rotatable bonds is 4. The number of carbonyl (C=O) groups excluding carboxylic acids is 1. The Balaban J connectivity index is 2.23. The number of nitrogens with one attached hydrogen (secondary N) is 1. The number of ether oxygens (including phenoxy) is 1. The zero-order chi connectivity index (χ0) is 14.5. The lowest BCUT2D eigenvalue weighted by atomic mass is 10.1. The number of carbonyl (C=O) groups is 1. The van der Waals surface area contributed by atoms with E-state index in [1.165, 1.54) is 0 Å². The number of nitrogens with zero attached hydrogens (tertiary/aromatic N) is 1. The molecule has 1 aliphatic rings. The van der Waals surface area contributed by atoms with Crippen LogP contribution in [0.5, 0.6) is 0 Å². The number of likely N-dealkylation sites (N-methyl/N-ethyl adjacent to an activating group) is 1. The van der Waals surface area contributed by atoms with Crippen LogP contribution in [-0.2, 0) is 16.1 Å². The van der Waals surface area contributed by atoms with Crippen molar-refractivity contribution in [1.82, 2.24) is 5.32 Å². The summed E-state index contributed by atoms with van der Waals surface area (Å²) in [4.78, 5) is 14.2. The van der Waals surface area contributed by atoms with E-state index in [-0.39, 0.29) is 11.9 Å². The molecule has 1 aromatic rings. The van der Waals surface area contributed by atoms with Gasteiger partial charge in [-0.05, 0) is 24.6 Å². The molecule has 1 saturated heterocycles. The van der Waals surface area contributed by atoms with E-state index in [2.05, 4.69) is 26.1 Å². The van der Waals surface area contributed by atoms with Gasteiger partial charge in [-0.15, -0.1) is 0 Å². The predicted octanol–water partition coefficient (Wildman–Crippen LogP) is 1.25. The highest BCUT2D eigenvalue weighted by Gasteiger charge is 2.29. The Bertz CT molecular complexity index is 481. The lowest BCUT2D eigenvalue weighted by Crippen LogP contribution is -2.54. The summed E-state index contributed by atoms with van der Waals surface area (Å²) in [6.45, 7) is 4.78. The molecule has 0 radical (unpaired) electrons. The quantitative estimate of drug-likeness (QED) is 0.864. The zero-order valence-corrected chi connectivity index (χ0v) is 13.1. The van der Waals surface area contributed by atoms with Crippen LogP contribution in [0.2, 0.25) is 0 Å². The monoisotopic (exact) mass is 341 g/mol. The lowest BCUT2D eigenvalue weighted by molar-refractivity contribution is -0.124. The first-order valence-electron chi connectivity index (χ1n) is 6.78. The molecule has 110 valence electrons. The molecule has 20 heavy (non-hydrogen) atoms. The van der Waals surface area contributed by atoms with Gasteiger partial charge in [0.15, 0.2) is 0 Å². The van der Waals surface area contributed by atoms with Crippen molar-refractivity contribution in [3.63, 3.8) is 0 Å². The van der Waals surface area contributed by atoms with E-state index in [4.69, 9.17) is 10.5 Å². The standard InChI is InChI=1S/C14H20BrN3O2/c1-2-17-14(19)13-9-20-6-5-18(13)11-4-3-10(8-16)12(15)7-11/h3-4,7,13H,2,5-6,8-9,16H2,1H3,(H,17,19). The summed E-state index contributed by atoms with van der Waals surface area (Å²) in [6, 6.07) is 5.73. The summed E-state index contributed by atoms with van der Waals surface area (Å²) >= 11 is 3.52. The zero-order valence-electron chi connectivity index (χ0n) is 11.6. The topological polar surface area (TPSA) is 67.6 Å². The summed E-state index contributed by atoms with van der Waals surface area (Å²) in [5.41, 5.74) is 7.73. The van der Waals surface area contributed by atoms with Gasteiger partial charge in [-0.1, -0.05) is 22.0 Å². The van der Waals surface area contributed by atoms with Gasteiger partial charge in [0, 0.05) is 29.8 Å². The van der Waals surface area contributed by atoms with E-state index in [0.717, 1.165) is 15.7 Å². The van der Waals surface area contributed by atoms with Crippen molar-refractivity contribution in [2.24, 2.45) is 5.73 Å². The third-order valence-corrected chi connectivity index (χ3v) is 4.11. The van der Waals surface area contributed by atoms with Crippen molar-refractivity contribution < 1.29 is 9.53 Å². The second kappa shape index (κ2) is 7.06. The van der Waals surface area contributed by atoms with Crippen LogP contribution in [0.1, 0.15) is 12.5 Å². The van der Waals surface area contributed by atoms with E-state index in [0.29, 0.717) is 32.8 Å². The van der Waals surface area contributed by atoms with Crippen LogP contribution in [0.15, 0.2) is 22.7 Å². The largest absolute Gasteiger partial charge is 0.377 e. The summed E-state index contributed by atoms with van der Waals surface area (Å²) in [5.74, 6) is 0.00576. The summed E-state index contributed by atoms with van der Waals surface area (Å²) in [5, 5.41) is 2.86. The fourth-order valence-electron chi connectivity index (χ4n) is 2.30. The third kappa shape index (κ3) is 3.31. The van der Waals surface area contributed by atoms with Crippen LogP contribution < -0.4 is 16.0 Å². The second-order valence-electron chi connectivity index (χ2n) is 4.66. The van der Waals surface area contributed by atoms with Gasteiger partial charge < -0.3 is 20.7 Å². The summed E-state index contributed by atoms with van der Waals surface area (Å²) in [7, 11) is 0. The van der Waals surface area contributed by atoms with Gasteiger partial charge in [-0.2, -0.15) is 0 Å². The highest BCUT2D eigenvalue weighted by Crippen LogP contribution is 2.26. The molecule has 0 saturated carbocycles. The predicted molar refractivity (Wildman–Crippen MR) is 82.7 cm³/mol. The second-order valence-corrected chi connectivity index (χ2v) is 5.51. The molecule has 0 aromatic heterocycles. The molecule has 0 spiro atoms. The number of hydrogen-bond donors (Lipinski definition) is 2. The minimum Gasteiger partial charge on any atom is -0.377 e. The van der Waals surface area contributed by atoms with Gasteiger partial charge in [-0.25, -0.2) is 0 Å². The first-order valence-corrected chi connectivity index (χ1v) is 7.57. The Labute approximate surface area is 127 Å². The molecular formula is C14H20BrN3O2. The fraction of sp³-hybridized carbons (Fsp3) is 0.500. The minimum absolute atomic E-state index is 0.00576. The van der Waals surface area contributed by atoms with Crippen molar-refractivity contribution in [3.8, 4) is 0 Å². The van der Waals surface area contributed by atoms with E-state index < -0.39 is 0 Å². The molecular weight excluding hydrogens is 322 g/mol. The molecule has 2 rings (SSSR count). The molecule has 1 heterocycles. The van der Waals surface area contributed by atoms with Gasteiger partial charge in [0.05, 0.1) is 13.2 Å². The first kappa shape index (κ1) is 15.3. The van der Waals surface area contributed by atoms with Gasteiger partial charge in [0.1, 0.15) is 6.04 Å². The maximum Gasteiger partial charge on any atom is 0.245 e. The molecule has 1 fully saturated rings. The smallest absolute Gasteiger partial charge is 0.245 e. The van der Waals surface area contributed by atoms with Crippen LogP contribution in [0.4, 0.5) is 5.69 Å². The van der Waals surface area contributed by atoms with Gasteiger partial charge in [0.25, 0.3) is 0 Å². The molecule has 1 unspecified atom stereocenters. The Morgan fingerprint density at radius 2 is 2.40 bits per heavy atom. The number of anilines is 1. The first-order chi connectivity index (χ1) is 9.67. The normalized spacial score (nSPS) is 18.9. The summed E-state index contributed by atoms with van der Waals surface area (Å²) in [6.07, 6.45) is 0. The van der Waals surface area contributed by atoms with Crippen molar-refractivity contribution in [2.45, 2.75) is 19.5 Å². The molecule has 1 aliphatic heterocycles. The fourth-order valence-corrected chi connectivity index (χ4v) is 2.83. The molecule has 0 aliphatic carbocycles. The number of halogens is 1. The van der Waals surface area contributed by atoms with Crippen molar-refractivity contribution >= 4 is 27.5 Å². The highest BCUT2D eigenvalue weighted by molar-refractivity contribution is 9.10. The molecule has 1 aromatic carbocycles. The maximum absolute atomic E-state index is 12.1. The van der Waals surface area contributed by atoms with Gasteiger partial charge in [0.2, 0.25) is 5.91 Å². The Morgan fingerprint density at radius 3 is 3.05 bits per heavy atom. The Morgan fingerprint density at radius 1 is 1.60 bits per heavy atom. The Hall–Kier alpha value is -1.11. The average molecular weight is 342 g/mol. The number of benzene rings is 1. The third-order valence-electron chi connectivity index (χ3n) is 3.37. The number of nitrogens with two attached hydrogens (primary N) is 1. The van der Waals surface area contributed by atoms with E-state index in [1.54, 1.807) is 0 Å². The van der Waals surface area contributed by atoms with E-state index in [1.807, 2.05) is 25.1 Å². The molecule has 3 N–H and O–H groups in total. The SMILES string of the molecule is CCNC(=O)C1COCCN1c1ccc(CN)c(Br)c1. The molecule has 6 heteroatoms. The number of morpholine rings is 1. The van der Waals surface area contributed by atoms with Gasteiger partial charge >= 0.3 is 0 Å². The van der Waals surface area contributed by atoms with E-state index >= 15 is 0 Å².